The Bertz CT molecular complexity index is 1700. The molecule has 2 N–H and O–H groups in total. The number of benzene rings is 2. The summed E-state index contributed by atoms with van der Waals surface area (Å²) in [5.41, 5.74) is 4.27. The van der Waals surface area contributed by atoms with Gasteiger partial charge in [-0.3, -0.25) is 10.3 Å². The third-order valence-corrected chi connectivity index (χ3v) is 8.42. The molecule has 4 rings (SSSR count). The van der Waals surface area contributed by atoms with Crippen LogP contribution in [0.5, 0.6) is 0 Å². The predicted octanol–water partition coefficient (Wildman–Crippen LogP) is 7.62. The highest BCUT2D eigenvalue weighted by Gasteiger charge is 2.24. The van der Waals surface area contributed by atoms with Crippen molar-refractivity contribution in [2.75, 3.05) is 0 Å². The molecule has 43 heavy (non-hydrogen) atoms. The number of halogens is 2. The van der Waals surface area contributed by atoms with E-state index in [1.165, 1.54) is 12.1 Å². The zero-order valence-electron chi connectivity index (χ0n) is 24.6. The average molecular weight is 642 g/mol. The van der Waals surface area contributed by atoms with Gasteiger partial charge < -0.3 is 4.74 Å². The third kappa shape index (κ3) is 8.69. The number of aromatic nitrogens is 1. The molecule has 226 valence electrons. The zero-order chi connectivity index (χ0) is 31.4. The molecule has 11 heteroatoms. The van der Waals surface area contributed by atoms with Gasteiger partial charge in [-0.25, -0.2) is 22.9 Å². The summed E-state index contributed by atoms with van der Waals surface area (Å²) in [6.45, 7) is 9.11. The summed E-state index contributed by atoms with van der Waals surface area (Å²) >= 11 is 12.5. The summed E-state index contributed by atoms with van der Waals surface area (Å²) < 4.78 is 33.9. The standard InChI is InChI=1S/C32H34Cl2N4O4S/c1-20-17-25(34)15-16-27(20)29-28(22-11-13-24(33)14-12-22)18-23(21(2)36-29)19-35-30(37-31(39)42-32(3,4)5)38-43(40,41)26-9-7-6-8-10-26/h6-16,18,20H,17,19H2,1-5H3,(H2,35,37,38,39). The highest BCUT2D eigenvalue weighted by Crippen LogP contribution is 2.38. The van der Waals surface area contributed by atoms with E-state index in [9.17, 15) is 13.2 Å². The molecule has 1 atom stereocenters. The Morgan fingerprint density at radius 3 is 2.37 bits per heavy atom. The van der Waals surface area contributed by atoms with Crippen LogP contribution in [0.15, 0.2) is 87.7 Å². The van der Waals surface area contributed by atoms with Crippen LogP contribution >= 0.6 is 23.2 Å². The van der Waals surface area contributed by atoms with Crippen LogP contribution in [0.4, 0.5) is 4.79 Å². The lowest BCUT2D eigenvalue weighted by Gasteiger charge is -2.22. The molecular weight excluding hydrogens is 607 g/mol. The van der Waals surface area contributed by atoms with Crippen LogP contribution in [0, 0.1) is 12.8 Å². The first-order valence-corrected chi connectivity index (χ1v) is 15.9. The van der Waals surface area contributed by atoms with E-state index >= 15 is 0 Å². The molecule has 1 heterocycles. The van der Waals surface area contributed by atoms with Crippen LogP contribution in [-0.2, 0) is 21.3 Å². The summed E-state index contributed by atoms with van der Waals surface area (Å²) in [4.78, 5) is 22.1. The van der Waals surface area contributed by atoms with Crippen molar-refractivity contribution in [1.82, 2.24) is 15.0 Å². The number of alkyl carbamates (subject to hydrolysis) is 1. The molecular formula is C32H34Cl2N4O4S. The summed E-state index contributed by atoms with van der Waals surface area (Å²) in [5.74, 6) is -0.130. The largest absolute Gasteiger partial charge is 0.444 e. The van der Waals surface area contributed by atoms with Crippen molar-refractivity contribution < 1.29 is 17.9 Å². The second kappa shape index (κ2) is 13.3. The number of guanidine groups is 1. The normalized spacial score (nSPS) is 15.8. The number of hydrogen-bond acceptors (Lipinski definition) is 6. The minimum absolute atomic E-state index is 0.0163. The molecule has 0 fully saturated rings. The fourth-order valence-electron chi connectivity index (χ4n) is 4.45. The minimum Gasteiger partial charge on any atom is -0.444 e. The molecule has 1 amide bonds. The topological polar surface area (TPSA) is 110 Å². The zero-order valence-corrected chi connectivity index (χ0v) is 26.9. The Labute approximate surface area is 262 Å². The number of amides is 1. The summed E-state index contributed by atoms with van der Waals surface area (Å²) in [6, 6.07) is 17.3. The Hall–Kier alpha value is -3.66. The lowest BCUT2D eigenvalue weighted by atomic mass is 9.86. The number of carbonyl (C=O) groups is 1. The molecule has 1 aromatic heterocycles. The number of pyridine rings is 1. The van der Waals surface area contributed by atoms with Crippen LogP contribution in [0.25, 0.3) is 16.7 Å². The number of nitrogens with one attached hydrogen (secondary N) is 2. The van der Waals surface area contributed by atoms with E-state index in [2.05, 4.69) is 22.0 Å². The van der Waals surface area contributed by atoms with Gasteiger partial charge in [0.1, 0.15) is 5.60 Å². The predicted molar refractivity (Wildman–Crippen MR) is 172 cm³/mol. The van der Waals surface area contributed by atoms with Gasteiger partial charge in [-0.05, 0) is 93.1 Å². The number of aliphatic imine (C=N–C) groups is 1. The van der Waals surface area contributed by atoms with Crippen molar-refractivity contribution in [2.24, 2.45) is 10.9 Å². The first-order chi connectivity index (χ1) is 20.2. The maximum Gasteiger partial charge on any atom is 0.414 e. The Kier molecular flexibility index (Phi) is 10.00. The molecule has 8 nitrogen and oxygen atoms in total. The van der Waals surface area contributed by atoms with Crippen molar-refractivity contribution >= 4 is 50.9 Å². The Morgan fingerprint density at radius 1 is 1.07 bits per heavy atom. The van der Waals surface area contributed by atoms with E-state index in [1.807, 2.05) is 49.4 Å². The lowest BCUT2D eigenvalue weighted by Crippen LogP contribution is -2.45. The fourth-order valence-corrected chi connectivity index (χ4v) is 5.88. The monoisotopic (exact) mass is 640 g/mol. The number of ether oxygens (including phenoxy) is 1. The number of rotatable bonds is 6. The molecule has 0 bridgehead atoms. The summed E-state index contributed by atoms with van der Waals surface area (Å²) in [6.07, 6.45) is 3.75. The number of hydrogen-bond donors (Lipinski definition) is 2. The van der Waals surface area contributed by atoms with E-state index in [1.54, 1.807) is 39.0 Å². The number of allylic oxidation sites excluding steroid dienone is 4. The second-order valence-electron chi connectivity index (χ2n) is 11.2. The van der Waals surface area contributed by atoms with Crippen LogP contribution in [0.1, 0.15) is 51.1 Å². The quantitative estimate of drug-likeness (QED) is 0.213. The van der Waals surface area contributed by atoms with E-state index in [-0.39, 0.29) is 23.3 Å². The van der Waals surface area contributed by atoms with Gasteiger partial charge in [0, 0.05) is 21.3 Å². The molecule has 1 aliphatic carbocycles. The molecule has 2 aromatic carbocycles. The SMILES string of the molecule is Cc1nc(C2=CC=C(Cl)CC2C)c(-c2ccc(Cl)cc2)cc1CN=C(NC(=O)OC(C)(C)C)NS(=O)(=O)c1ccccc1. The van der Waals surface area contributed by atoms with Gasteiger partial charge >= 0.3 is 6.09 Å². The molecule has 0 spiro atoms. The van der Waals surface area contributed by atoms with Gasteiger partial charge in [-0.15, -0.1) is 0 Å². The van der Waals surface area contributed by atoms with E-state index < -0.39 is 21.7 Å². The van der Waals surface area contributed by atoms with E-state index in [0.717, 1.165) is 33.0 Å². The van der Waals surface area contributed by atoms with E-state index in [4.69, 9.17) is 32.9 Å². The molecule has 1 aliphatic rings. The first-order valence-electron chi connectivity index (χ1n) is 13.7. The van der Waals surface area contributed by atoms with Crippen molar-refractivity contribution in [2.45, 2.75) is 58.1 Å². The number of aryl methyl sites for hydroxylation is 1. The van der Waals surface area contributed by atoms with Crippen LogP contribution in [0.2, 0.25) is 5.02 Å². The molecule has 0 saturated carbocycles. The molecule has 1 unspecified atom stereocenters. The van der Waals surface area contributed by atoms with Crippen molar-refractivity contribution in [1.29, 1.82) is 0 Å². The van der Waals surface area contributed by atoms with Crippen molar-refractivity contribution in [3.8, 4) is 11.1 Å². The average Bonchev–Trinajstić information content (AvgIpc) is 2.92. The van der Waals surface area contributed by atoms with E-state index in [0.29, 0.717) is 17.1 Å². The highest BCUT2D eigenvalue weighted by atomic mass is 35.5. The van der Waals surface area contributed by atoms with Gasteiger partial charge in [0.2, 0.25) is 5.96 Å². The number of nitrogens with zero attached hydrogens (tertiary/aromatic N) is 2. The van der Waals surface area contributed by atoms with Gasteiger partial charge in [0.25, 0.3) is 10.0 Å². The second-order valence-corrected chi connectivity index (χ2v) is 13.8. The smallest absolute Gasteiger partial charge is 0.414 e. The molecule has 0 radical (unpaired) electrons. The number of carbonyl (C=O) groups excluding carboxylic acids is 1. The summed E-state index contributed by atoms with van der Waals surface area (Å²) in [7, 11) is -4.05. The Balaban J connectivity index is 1.75. The van der Waals surface area contributed by atoms with Crippen LogP contribution in [0.3, 0.4) is 0 Å². The lowest BCUT2D eigenvalue weighted by molar-refractivity contribution is 0.0562. The molecule has 0 saturated heterocycles. The maximum absolute atomic E-state index is 13.1. The van der Waals surface area contributed by atoms with Crippen LogP contribution in [-0.4, -0.2) is 31.1 Å². The molecule has 3 aromatic rings. The van der Waals surface area contributed by atoms with Gasteiger partial charge in [0.05, 0.1) is 17.1 Å². The van der Waals surface area contributed by atoms with Crippen LogP contribution < -0.4 is 10.0 Å². The van der Waals surface area contributed by atoms with Gasteiger partial charge in [-0.1, -0.05) is 66.5 Å². The Morgan fingerprint density at radius 2 is 1.74 bits per heavy atom. The fraction of sp³-hybridized carbons (Fsp3) is 0.281. The number of sulfonamides is 1. The highest BCUT2D eigenvalue weighted by molar-refractivity contribution is 7.90. The third-order valence-electron chi connectivity index (χ3n) is 6.53. The minimum atomic E-state index is -4.05. The van der Waals surface area contributed by atoms with Crippen molar-refractivity contribution in [3.05, 3.63) is 99.8 Å². The van der Waals surface area contributed by atoms with Gasteiger partial charge in [0.15, 0.2) is 0 Å². The van der Waals surface area contributed by atoms with Gasteiger partial charge in [-0.2, -0.15) is 0 Å². The first kappa shape index (κ1) is 32.3. The molecule has 0 aliphatic heterocycles. The summed E-state index contributed by atoms with van der Waals surface area (Å²) in [5, 5.41) is 3.85. The maximum atomic E-state index is 13.1. The van der Waals surface area contributed by atoms with Crippen molar-refractivity contribution in [3.63, 3.8) is 0 Å².